The zero-order valence-electron chi connectivity index (χ0n) is 7.88. The Hall–Kier alpha value is -2.10. The van der Waals surface area contributed by atoms with Crippen molar-refractivity contribution in [1.82, 2.24) is 0 Å². The Bertz CT molecular complexity index is 407. The number of aromatic hydroxyl groups is 1. The number of rotatable bonds is 4. The first-order valence-electron chi connectivity index (χ1n) is 4.31. The van der Waals surface area contributed by atoms with Crippen LogP contribution >= 0.6 is 0 Å². The summed E-state index contributed by atoms with van der Waals surface area (Å²) < 4.78 is 0. The predicted octanol–water partition coefficient (Wildman–Crippen LogP) is 1.69. The Morgan fingerprint density at radius 2 is 2.13 bits per heavy atom. The third-order valence-corrected chi connectivity index (χ3v) is 1.81. The lowest BCUT2D eigenvalue weighted by atomic mass is 10.1. The monoisotopic (exact) mass is 206 g/mol. The van der Waals surface area contributed by atoms with Crippen LogP contribution in [0.2, 0.25) is 0 Å². The Labute approximate surface area is 86.5 Å². The Kier molecular flexibility index (Phi) is 3.62. The molecule has 0 saturated carbocycles. The number of carboxylic acids is 1. The molecule has 0 fully saturated rings. The van der Waals surface area contributed by atoms with Crippen LogP contribution in [0.1, 0.15) is 22.3 Å². The topological polar surface area (TPSA) is 74.6 Å². The molecule has 0 unspecified atom stereocenters. The average molecular weight is 206 g/mol. The lowest BCUT2D eigenvalue weighted by molar-refractivity contribution is -0.107. The second-order valence-corrected chi connectivity index (χ2v) is 2.88. The molecule has 78 valence electrons. The number of phenolic OH excluding ortho intramolecular Hbond substituents is 1. The molecular weight excluding hydrogens is 196 g/mol. The highest BCUT2D eigenvalue weighted by Gasteiger charge is 2.05. The van der Waals surface area contributed by atoms with Gasteiger partial charge in [0.15, 0.2) is 0 Å². The van der Waals surface area contributed by atoms with Gasteiger partial charge in [-0.1, -0.05) is 18.2 Å². The second kappa shape index (κ2) is 4.95. The smallest absolute Gasteiger partial charge is 0.335 e. The van der Waals surface area contributed by atoms with Crippen LogP contribution in [0.15, 0.2) is 24.3 Å². The van der Waals surface area contributed by atoms with Gasteiger partial charge in [-0.05, 0) is 12.1 Å². The fraction of sp³-hybridized carbons (Fsp3) is 0.0909. The fourth-order valence-electron chi connectivity index (χ4n) is 1.07. The molecule has 0 aliphatic carbocycles. The van der Waals surface area contributed by atoms with Gasteiger partial charge in [-0.2, -0.15) is 0 Å². The van der Waals surface area contributed by atoms with E-state index >= 15 is 0 Å². The lowest BCUT2D eigenvalue weighted by Crippen LogP contribution is -1.95. The Morgan fingerprint density at radius 1 is 1.40 bits per heavy atom. The van der Waals surface area contributed by atoms with Crippen LogP contribution in [0.25, 0.3) is 6.08 Å². The highest BCUT2D eigenvalue weighted by molar-refractivity contribution is 5.88. The van der Waals surface area contributed by atoms with E-state index < -0.39 is 5.97 Å². The molecule has 1 aromatic rings. The summed E-state index contributed by atoms with van der Waals surface area (Å²) in [4.78, 5) is 20.6. The molecule has 0 aliphatic heterocycles. The highest BCUT2D eigenvalue weighted by Crippen LogP contribution is 2.20. The number of benzene rings is 1. The van der Waals surface area contributed by atoms with Gasteiger partial charge in [-0.15, -0.1) is 0 Å². The molecule has 0 heterocycles. The lowest BCUT2D eigenvalue weighted by Gasteiger charge is -2.00. The summed E-state index contributed by atoms with van der Waals surface area (Å²) in [6.07, 6.45) is 4.15. The van der Waals surface area contributed by atoms with E-state index in [1.54, 1.807) is 12.2 Å². The van der Waals surface area contributed by atoms with Crippen molar-refractivity contribution < 1.29 is 19.8 Å². The van der Waals surface area contributed by atoms with E-state index in [4.69, 9.17) is 5.11 Å². The number of allylic oxidation sites excluding steroid dienone is 1. The van der Waals surface area contributed by atoms with Gasteiger partial charge in [0.2, 0.25) is 0 Å². The van der Waals surface area contributed by atoms with E-state index in [1.165, 1.54) is 18.2 Å². The molecule has 15 heavy (non-hydrogen) atoms. The summed E-state index contributed by atoms with van der Waals surface area (Å²) in [5, 5.41) is 18.1. The fourth-order valence-corrected chi connectivity index (χ4v) is 1.07. The molecule has 4 heteroatoms. The Balaban J connectivity index is 2.93. The minimum Gasteiger partial charge on any atom is -0.507 e. The molecule has 0 spiro atoms. The Morgan fingerprint density at radius 3 is 2.67 bits per heavy atom. The van der Waals surface area contributed by atoms with Crippen LogP contribution < -0.4 is 0 Å². The first kappa shape index (κ1) is 11.0. The van der Waals surface area contributed by atoms with Gasteiger partial charge in [0.1, 0.15) is 12.0 Å². The molecule has 4 nitrogen and oxygen atoms in total. The normalized spacial score (nSPS) is 10.4. The van der Waals surface area contributed by atoms with Crippen molar-refractivity contribution in [2.45, 2.75) is 6.42 Å². The van der Waals surface area contributed by atoms with Crippen molar-refractivity contribution in [1.29, 1.82) is 0 Å². The minimum absolute atomic E-state index is 0.0278. The number of phenols is 1. The van der Waals surface area contributed by atoms with Gasteiger partial charge < -0.3 is 15.0 Å². The summed E-state index contributed by atoms with van der Waals surface area (Å²) in [6.45, 7) is 0. The molecule has 0 atom stereocenters. The molecule has 0 bridgehead atoms. The third kappa shape index (κ3) is 2.95. The molecular formula is C11H10O4. The number of hydrogen-bond acceptors (Lipinski definition) is 3. The molecule has 2 N–H and O–H groups in total. The molecule has 0 saturated heterocycles. The molecule has 0 radical (unpaired) electrons. The van der Waals surface area contributed by atoms with Crippen LogP contribution in [0.4, 0.5) is 0 Å². The van der Waals surface area contributed by atoms with Crippen LogP contribution in [-0.2, 0) is 4.79 Å². The highest BCUT2D eigenvalue weighted by atomic mass is 16.4. The van der Waals surface area contributed by atoms with Crippen LogP contribution in [0.5, 0.6) is 5.75 Å². The molecule has 0 aromatic heterocycles. The standard InChI is InChI=1S/C11H10O4/c12-6-2-1-3-8-4-5-9(11(14)15)7-10(8)13/h1,3-7,13H,2H2,(H,14,15). The van der Waals surface area contributed by atoms with Crippen molar-refractivity contribution in [3.63, 3.8) is 0 Å². The summed E-state index contributed by atoms with van der Waals surface area (Å²) >= 11 is 0. The molecule has 1 aromatic carbocycles. The molecule has 0 amide bonds. The third-order valence-electron chi connectivity index (χ3n) is 1.81. The van der Waals surface area contributed by atoms with Crippen molar-refractivity contribution in [2.75, 3.05) is 0 Å². The van der Waals surface area contributed by atoms with Gasteiger partial charge >= 0.3 is 5.97 Å². The van der Waals surface area contributed by atoms with Crippen molar-refractivity contribution in [2.24, 2.45) is 0 Å². The quantitative estimate of drug-likeness (QED) is 0.735. The van der Waals surface area contributed by atoms with Gasteiger partial charge in [0.25, 0.3) is 0 Å². The number of carbonyl (C=O) groups excluding carboxylic acids is 1. The van der Waals surface area contributed by atoms with Gasteiger partial charge in [0, 0.05) is 12.0 Å². The number of aromatic carboxylic acids is 1. The second-order valence-electron chi connectivity index (χ2n) is 2.88. The van der Waals surface area contributed by atoms with E-state index in [1.807, 2.05) is 0 Å². The van der Waals surface area contributed by atoms with Crippen molar-refractivity contribution >= 4 is 18.3 Å². The zero-order chi connectivity index (χ0) is 11.3. The average Bonchev–Trinajstić information content (AvgIpc) is 2.20. The number of carboxylic acid groups (broad SMARTS) is 1. The maximum atomic E-state index is 10.5. The van der Waals surface area contributed by atoms with E-state index in [0.717, 1.165) is 6.29 Å². The van der Waals surface area contributed by atoms with Crippen molar-refractivity contribution in [3.8, 4) is 5.75 Å². The maximum Gasteiger partial charge on any atom is 0.335 e. The zero-order valence-corrected chi connectivity index (χ0v) is 7.88. The summed E-state index contributed by atoms with van der Waals surface area (Å²) in [5.74, 6) is -1.20. The van der Waals surface area contributed by atoms with Gasteiger partial charge in [-0.25, -0.2) is 4.79 Å². The minimum atomic E-state index is -1.09. The largest absolute Gasteiger partial charge is 0.507 e. The summed E-state index contributed by atoms with van der Waals surface area (Å²) in [7, 11) is 0. The van der Waals surface area contributed by atoms with E-state index in [2.05, 4.69) is 0 Å². The first-order valence-corrected chi connectivity index (χ1v) is 4.31. The van der Waals surface area contributed by atoms with Gasteiger partial charge in [0.05, 0.1) is 5.56 Å². The predicted molar refractivity (Wildman–Crippen MR) is 54.8 cm³/mol. The van der Waals surface area contributed by atoms with E-state index in [-0.39, 0.29) is 17.7 Å². The maximum absolute atomic E-state index is 10.5. The summed E-state index contributed by atoms with van der Waals surface area (Å²) in [6, 6.07) is 4.05. The van der Waals surface area contributed by atoms with Gasteiger partial charge in [-0.3, -0.25) is 0 Å². The molecule has 0 aliphatic rings. The van der Waals surface area contributed by atoms with E-state index in [9.17, 15) is 14.7 Å². The summed E-state index contributed by atoms with van der Waals surface area (Å²) in [5.41, 5.74) is 0.516. The number of carbonyl (C=O) groups is 2. The van der Waals surface area contributed by atoms with Crippen LogP contribution in [-0.4, -0.2) is 22.5 Å². The number of hydrogen-bond donors (Lipinski definition) is 2. The SMILES string of the molecule is O=CCC=Cc1ccc(C(=O)O)cc1O. The van der Waals surface area contributed by atoms with Crippen molar-refractivity contribution in [3.05, 3.63) is 35.4 Å². The molecule has 1 rings (SSSR count). The number of aldehydes is 1. The van der Waals surface area contributed by atoms with Crippen LogP contribution in [0.3, 0.4) is 0 Å². The van der Waals surface area contributed by atoms with Crippen LogP contribution in [0, 0.1) is 0 Å². The first-order chi connectivity index (χ1) is 7.15. The van der Waals surface area contributed by atoms with E-state index in [0.29, 0.717) is 5.56 Å².